The number of urea groups is 1. The van der Waals surface area contributed by atoms with Crippen LogP contribution in [0.3, 0.4) is 0 Å². The van der Waals surface area contributed by atoms with Gasteiger partial charge in [-0.15, -0.1) is 0 Å². The molecule has 1 aromatic carbocycles. The lowest BCUT2D eigenvalue weighted by atomic mass is 9.89. The number of nitrogens with zero attached hydrogens (tertiary/aromatic N) is 1. The van der Waals surface area contributed by atoms with Crippen molar-refractivity contribution in [2.24, 2.45) is 5.92 Å². The Balaban J connectivity index is 1.60. The summed E-state index contributed by atoms with van der Waals surface area (Å²) in [5, 5.41) is 5.83. The van der Waals surface area contributed by atoms with E-state index in [0.29, 0.717) is 18.4 Å². The second kappa shape index (κ2) is 9.06. The first-order chi connectivity index (χ1) is 12.7. The van der Waals surface area contributed by atoms with Crippen molar-refractivity contribution in [1.29, 1.82) is 0 Å². The number of carbonyl (C=O) groups is 2. The average molecular weight is 357 g/mol. The Morgan fingerprint density at radius 3 is 2.69 bits per heavy atom. The van der Waals surface area contributed by atoms with Crippen LogP contribution in [0, 0.1) is 5.92 Å². The topological polar surface area (TPSA) is 61.4 Å². The standard InChI is InChI=1S/C21H31N3O2/c1-22-21(26)24-12-6-11-19(15-24)17-9-5-10-18(13-17)20(25)23-14-16-7-3-2-4-8-16/h5,9-10,13,16,19H,2-4,6-8,11-12,14-15H2,1H3,(H,22,26)(H,23,25). The minimum absolute atomic E-state index is 0.0175. The summed E-state index contributed by atoms with van der Waals surface area (Å²) in [7, 11) is 1.67. The second-order valence-corrected chi connectivity index (χ2v) is 7.68. The van der Waals surface area contributed by atoms with Gasteiger partial charge in [-0.2, -0.15) is 0 Å². The van der Waals surface area contributed by atoms with Crippen LogP contribution < -0.4 is 10.6 Å². The highest BCUT2D eigenvalue weighted by Gasteiger charge is 2.24. The van der Waals surface area contributed by atoms with E-state index < -0.39 is 0 Å². The second-order valence-electron chi connectivity index (χ2n) is 7.68. The van der Waals surface area contributed by atoms with Gasteiger partial charge in [0, 0.05) is 38.2 Å². The highest BCUT2D eigenvalue weighted by molar-refractivity contribution is 5.94. The fourth-order valence-electron chi connectivity index (χ4n) is 4.26. The molecular weight excluding hydrogens is 326 g/mol. The largest absolute Gasteiger partial charge is 0.352 e. The van der Waals surface area contributed by atoms with Gasteiger partial charge in [0.1, 0.15) is 0 Å². The van der Waals surface area contributed by atoms with Gasteiger partial charge in [0.2, 0.25) is 0 Å². The van der Waals surface area contributed by atoms with Crippen molar-refractivity contribution < 1.29 is 9.59 Å². The van der Waals surface area contributed by atoms with Crippen molar-refractivity contribution in [1.82, 2.24) is 15.5 Å². The van der Waals surface area contributed by atoms with Crippen molar-refractivity contribution in [2.45, 2.75) is 50.9 Å². The average Bonchev–Trinajstić information content (AvgIpc) is 2.72. The van der Waals surface area contributed by atoms with Gasteiger partial charge in [-0.05, 0) is 49.3 Å². The molecule has 1 heterocycles. The molecular formula is C21H31N3O2. The van der Waals surface area contributed by atoms with Crippen LogP contribution >= 0.6 is 0 Å². The summed E-state index contributed by atoms with van der Waals surface area (Å²) < 4.78 is 0. The molecule has 0 spiro atoms. The molecule has 1 saturated heterocycles. The van der Waals surface area contributed by atoms with Gasteiger partial charge in [0.15, 0.2) is 0 Å². The molecule has 2 aliphatic rings. The van der Waals surface area contributed by atoms with Crippen LogP contribution in [-0.4, -0.2) is 43.5 Å². The van der Waals surface area contributed by atoms with E-state index in [-0.39, 0.29) is 11.9 Å². The molecule has 2 N–H and O–H groups in total. The Morgan fingerprint density at radius 1 is 1.12 bits per heavy atom. The number of hydrogen-bond donors (Lipinski definition) is 2. The third kappa shape index (κ3) is 4.77. The van der Waals surface area contributed by atoms with E-state index in [4.69, 9.17) is 0 Å². The first-order valence-electron chi connectivity index (χ1n) is 10.0. The third-order valence-electron chi connectivity index (χ3n) is 5.82. The van der Waals surface area contributed by atoms with Crippen molar-refractivity contribution in [3.05, 3.63) is 35.4 Å². The van der Waals surface area contributed by atoms with Crippen molar-refractivity contribution in [2.75, 3.05) is 26.7 Å². The smallest absolute Gasteiger partial charge is 0.317 e. The summed E-state index contributed by atoms with van der Waals surface area (Å²) in [4.78, 5) is 26.3. The maximum absolute atomic E-state index is 12.6. The number of likely N-dealkylation sites (tertiary alicyclic amines) is 1. The van der Waals surface area contributed by atoms with Crippen LogP contribution in [0.25, 0.3) is 0 Å². The normalized spacial score (nSPS) is 21.3. The van der Waals surface area contributed by atoms with Crippen LogP contribution in [-0.2, 0) is 0 Å². The number of benzene rings is 1. The summed E-state index contributed by atoms with van der Waals surface area (Å²) in [5.41, 5.74) is 1.89. The first-order valence-corrected chi connectivity index (χ1v) is 10.0. The first kappa shape index (κ1) is 18.7. The lowest BCUT2D eigenvalue weighted by Gasteiger charge is -2.32. The van der Waals surface area contributed by atoms with E-state index in [2.05, 4.69) is 16.7 Å². The highest BCUT2D eigenvalue weighted by atomic mass is 16.2. The molecule has 5 nitrogen and oxygen atoms in total. The molecule has 0 bridgehead atoms. The minimum atomic E-state index is -0.0175. The minimum Gasteiger partial charge on any atom is -0.352 e. The summed E-state index contributed by atoms with van der Waals surface area (Å²) in [6.07, 6.45) is 8.44. The Morgan fingerprint density at radius 2 is 1.92 bits per heavy atom. The zero-order valence-corrected chi connectivity index (χ0v) is 15.8. The van der Waals surface area contributed by atoms with Gasteiger partial charge in [0.25, 0.3) is 5.91 Å². The van der Waals surface area contributed by atoms with Crippen molar-refractivity contribution in [3.8, 4) is 0 Å². The lowest BCUT2D eigenvalue weighted by molar-refractivity contribution is 0.0943. The summed E-state index contributed by atoms with van der Waals surface area (Å²) in [6, 6.07) is 7.92. The number of hydrogen-bond acceptors (Lipinski definition) is 2. The number of rotatable bonds is 4. The quantitative estimate of drug-likeness (QED) is 0.866. The maximum atomic E-state index is 12.6. The molecule has 1 unspecified atom stereocenters. The predicted molar refractivity (Wildman–Crippen MR) is 103 cm³/mol. The molecule has 0 radical (unpaired) electrons. The van der Waals surface area contributed by atoms with E-state index in [1.807, 2.05) is 23.1 Å². The van der Waals surface area contributed by atoms with E-state index in [0.717, 1.165) is 37.1 Å². The molecule has 3 amide bonds. The van der Waals surface area contributed by atoms with Crippen LogP contribution in [0.5, 0.6) is 0 Å². The summed E-state index contributed by atoms with van der Waals surface area (Å²) in [6.45, 7) is 2.31. The van der Waals surface area contributed by atoms with E-state index in [1.54, 1.807) is 7.05 Å². The van der Waals surface area contributed by atoms with E-state index in [1.165, 1.54) is 32.1 Å². The molecule has 142 valence electrons. The van der Waals surface area contributed by atoms with E-state index in [9.17, 15) is 9.59 Å². The van der Waals surface area contributed by atoms with Gasteiger partial charge >= 0.3 is 6.03 Å². The molecule has 1 aromatic rings. The Labute approximate surface area is 156 Å². The summed E-state index contributed by atoms with van der Waals surface area (Å²) in [5.74, 6) is 0.957. The molecule has 5 heteroatoms. The van der Waals surface area contributed by atoms with Gasteiger partial charge in [-0.3, -0.25) is 4.79 Å². The van der Waals surface area contributed by atoms with Crippen LogP contribution in [0.2, 0.25) is 0 Å². The maximum Gasteiger partial charge on any atom is 0.317 e. The fraction of sp³-hybridized carbons (Fsp3) is 0.619. The third-order valence-corrected chi connectivity index (χ3v) is 5.82. The monoisotopic (exact) mass is 357 g/mol. The molecule has 26 heavy (non-hydrogen) atoms. The molecule has 0 aromatic heterocycles. The number of piperidine rings is 1. The number of amides is 3. The van der Waals surface area contributed by atoms with Gasteiger partial charge in [-0.1, -0.05) is 31.4 Å². The lowest BCUT2D eigenvalue weighted by Crippen LogP contribution is -2.43. The molecule has 1 aliphatic carbocycles. The summed E-state index contributed by atoms with van der Waals surface area (Å²) >= 11 is 0. The Bertz CT molecular complexity index is 625. The Kier molecular flexibility index (Phi) is 6.53. The molecule has 1 atom stereocenters. The van der Waals surface area contributed by atoms with Crippen molar-refractivity contribution in [3.63, 3.8) is 0 Å². The van der Waals surface area contributed by atoms with Crippen LogP contribution in [0.15, 0.2) is 24.3 Å². The zero-order chi connectivity index (χ0) is 18.4. The van der Waals surface area contributed by atoms with Crippen LogP contribution in [0.1, 0.15) is 66.8 Å². The molecule has 1 saturated carbocycles. The van der Waals surface area contributed by atoms with E-state index >= 15 is 0 Å². The highest BCUT2D eigenvalue weighted by Crippen LogP contribution is 2.27. The van der Waals surface area contributed by atoms with Gasteiger partial charge in [0.05, 0.1) is 0 Å². The fourth-order valence-corrected chi connectivity index (χ4v) is 4.26. The Hall–Kier alpha value is -2.04. The molecule has 2 fully saturated rings. The van der Waals surface area contributed by atoms with Gasteiger partial charge < -0.3 is 15.5 Å². The zero-order valence-electron chi connectivity index (χ0n) is 15.8. The van der Waals surface area contributed by atoms with Crippen molar-refractivity contribution >= 4 is 11.9 Å². The number of carbonyl (C=O) groups excluding carboxylic acids is 2. The number of nitrogens with one attached hydrogen (secondary N) is 2. The molecule has 1 aliphatic heterocycles. The van der Waals surface area contributed by atoms with Gasteiger partial charge in [-0.25, -0.2) is 4.79 Å². The predicted octanol–water partition coefficient (Wildman–Crippen LogP) is 3.52. The molecule has 3 rings (SSSR count). The SMILES string of the molecule is CNC(=O)N1CCCC(c2cccc(C(=O)NCC3CCCCC3)c2)C1. The van der Waals surface area contributed by atoms with Crippen LogP contribution in [0.4, 0.5) is 4.79 Å².